The molecule has 20 heteroatoms. The molecular weight excluding hydrogens is 922 g/mol. The number of anilines is 1. The first-order valence-electron chi connectivity index (χ1n) is 23.5. The van der Waals surface area contributed by atoms with Crippen molar-refractivity contribution in [3.05, 3.63) is 60.7 Å². The summed E-state index contributed by atoms with van der Waals surface area (Å²) in [4.78, 5) is 65.9. The molecule has 0 bridgehead atoms. The SMILES string of the molecule is COc1ccc2c(O[C@@H]3C[C@H]4C(=O)N[C@]5(C(=O)NS(=O)(=O)C6(C)CC6)C[C@H]5/C=C\CC[C@H](C)C[C@@H](C)[C@H](N(C(=O)O)C(C)(C)C(F)(F)F)C(=O)N4C3)nc(-c3ccc(N4CCOCC4)cc3)cc2c1. The molecule has 3 aromatic rings. The van der Waals surface area contributed by atoms with Gasteiger partial charge in [0.15, 0.2) is 0 Å². The van der Waals surface area contributed by atoms with Gasteiger partial charge in [0, 0.05) is 42.1 Å². The third kappa shape index (κ3) is 9.79. The number of rotatable bonds is 10. The van der Waals surface area contributed by atoms with Gasteiger partial charge in [-0.15, -0.1) is 0 Å². The maximum absolute atomic E-state index is 15.3. The molecular formula is C49H61F3N6O10S. The van der Waals surface area contributed by atoms with Crippen LogP contribution < -0.4 is 24.4 Å². The molecule has 2 saturated heterocycles. The molecule has 16 nitrogen and oxygen atoms in total. The van der Waals surface area contributed by atoms with Crippen molar-refractivity contribution in [3.63, 3.8) is 0 Å². The highest BCUT2D eigenvalue weighted by Gasteiger charge is 2.64. The monoisotopic (exact) mass is 982 g/mol. The Labute approximate surface area is 399 Å². The van der Waals surface area contributed by atoms with Gasteiger partial charge in [-0.3, -0.25) is 24.0 Å². The van der Waals surface area contributed by atoms with Crippen molar-refractivity contribution in [2.45, 2.75) is 120 Å². The summed E-state index contributed by atoms with van der Waals surface area (Å²) in [7, 11) is -2.62. The summed E-state index contributed by atoms with van der Waals surface area (Å²) in [5.41, 5.74) is -2.53. The van der Waals surface area contributed by atoms with Crippen molar-refractivity contribution in [2.24, 2.45) is 17.8 Å². The van der Waals surface area contributed by atoms with Gasteiger partial charge in [0.1, 0.15) is 35.0 Å². The van der Waals surface area contributed by atoms with Gasteiger partial charge in [0.05, 0.1) is 37.3 Å². The van der Waals surface area contributed by atoms with E-state index in [4.69, 9.17) is 19.2 Å². The molecule has 2 saturated carbocycles. The Balaban J connectivity index is 1.19. The van der Waals surface area contributed by atoms with Crippen LogP contribution in [-0.2, 0) is 29.1 Å². The second-order valence-electron chi connectivity index (χ2n) is 20.2. The van der Waals surface area contributed by atoms with Gasteiger partial charge in [0.2, 0.25) is 27.7 Å². The van der Waals surface area contributed by atoms with E-state index >= 15 is 4.79 Å². The van der Waals surface area contributed by atoms with Gasteiger partial charge in [0.25, 0.3) is 5.91 Å². The number of carboxylic acid groups (broad SMARTS) is 1. The standard InChI is InChI=1S/C49H61F3N6O10S/c1-29-9-7-8-10-33-27-48(33,44(61)55-69(64,65)47(5)17-18-47)54-41(59)39-26-36(28-57(39)43(60)40(30(2)23-29)58(45(62)63)46(3,4)49(50,51)52)68-42-37-16-15-35(66-6)24-32(37)25-38(53-42)31-11-13-34(14-12-31)56-19-21-67-22-20-56/h8,10-16,24-25,29-30,33,36,39-40H,7,9,17-23,26-28H2,1-6H3,(H,54,59)(H,55,61)(H,62,63)/b10-8-/t29-,30+,33+,36+,39-,40-,48+/m0/s1. The van der Waals surface area contributed by atoms with Gasteiger partial charge < -0.3 is 34.4 Å². The fourth-order valence-corrected chi connectivity index (χ4v) is 11.3. The lowest BCUT2D eigenvalue weighted by Gasteiger charge is -2.45. The molecule has 0 spiro atoms. The van der Waals surface area contributed by atoms with Crippen molar-refractivity contribution in [1.29, 1.82) is 0 Å². The van der Waals surface area contributed by atoms with Crippen molar-refractivity contribution >= 4 is 50.3 Å². The molecule has 7 atom stereocenters. The molecule has 2 aromatic carbocycles. The predicted molar refractivity (Wildman–Crippen MR) is 250 cm³/mol. The lowest BCUT2D eigenvalue weighted by Crippen LogP contribution is -2.66. The number of benzene rings is 2. The smallest absolute Gasteiger partial charge is 0.411 e. The zero-order chi connectivity index (χ0) is 49.8. The molecule has 4 fully saturated rings. The third-order valence-corrected chi connectivity index (χ3v) is 17.0. The molecule has 2 aliphatic carbocycles. The minimum atomic E-state index is -5.12. The van der Waals surface area contributed by atoms with Gasteiger partial charge in [-0.2, -0.15) is 13.2 Å². The summed E-state index contributed by atoms with van der Waals surface area (Å²) in [5.74, 6) is -4.04. The molecule has 0 radical (unpaired) electrons. The van der Waals surface area contributed by atoms with Crippen LogP contribution >= 0.6 is 0 Å². The van der Waals surface area contributed by atoms with Gasteiger partial charge in [-0.25, -0.2) is 18.2 Å². The van der Waals surface area contributed by atoms with E-state index in [0.717, 1.165) is 29.2 Å². The van der Waals surface area contributed by atoms with Crippen LogP contribution in [-0.4, -0.2) is 132 Å². The van der Waals surface area contributed by atoms with E-state index in [1.165, 1.54) is 21.0 Å². The third-order valence-electron chi connectivity index (χ3n) is 14.8. The molecule has 3 N–H and O–H groups in total. The number of hydrogen-bond donors (Lipinski definition) is 3. The van der Waals surface area contributed by atoms with E-state index in [9.17, 15) is 41.1 Å². The van der Waals surface area contributed by atoms with Crippen molar-refractivity contribution < 1.29 is 60.1 Å². The number of ether oxygens (including phenoxy) is 3. The normalized spacial score (nSPS) is 28.0. The fourth-order valence-electron chi connectivity index (χ4n) is 9.98. The van der Waals surface area contributed by atoms with Crippen LogP contribution in [0.2, 0.25) is 0 Å². The van der Waals surface area contributed by atoms with Crippen LogP contribution in [0.25, 0.3) is 22.0 Å². The summed E-state index contributed by atoms with van der Waals surface area (Å²) in [6.45, 7) is 8.64. The van der Waals surface area contributed by atoms with Gasteiger partial charge in [-0.1, -0.05) is 38.1 Å². The Hall–Kier alpha value is -5.63. The lowest BCUT2D eigenvalue weighted by atomic mass is 9.85. The number of pyridine rings is 1. The molecule has 374 valence electrons. The Morgan fingerprint density at radius 2 is 1.72 bits per heavy atom. The first-order valence-corrected chi connectivity index (χ1v) is 25.0. The van der Waals surface area contributed by atoms with E-state index in [2.05, 4.69) is 14.9 Å². The van der Waals surface area contributed by atoms with Crippen LogP contribution in [0.3, 0.4) is 0 Å². The van der Waals surface area contributed by atoms with Crippen LogP contribution in [0.1, 0.15) is 79.6 Å². The average Bonchev–Trinajstić information content (AvgIpc) is 4.18. The maximum Gasteiger partial charge on any atom is 0.411 e. The van der Waals surface area contributed by atoms with E-state index < -0.39 is 85.9 Å². The Kier molecular flexibility index (Phi) is 13.4. The van der Waals surface area contributed by atoms with E-state index in [1.54, 1.807) is 24.3 Å². The number of carbonyl (C=O) groups excluding carboxylic acids is 3. The minimum Gasteiger partial charge on any atom is -0.497 e. The van der Waals surface area contributed by atoms with Gasteiger partial charge in [-0.05, 0) is 113 Å². The highest BCUT2D eigenvalue weighted by Crippen LogP contribution is 2.48. The first-order chi connectivity index (χ1) is 32.5. The Bertz CT molecular complexity index is 2620. The molecule has 69 heavy (non-hydrogen) atoms. The fraction of sp³-hybridized carbons (Fsp3) is 0.571. The van der Waals surface area contributed by atoms with Crippen LogP contribution in [0.4, 0.5) is 23.7 Å². The predicted octanol–water partition coefficient (Wildman–Crippen LogP) is 6.67. The molecule has 1 aromatic heterocycles. The zero-order valence-electron chi connectivity index (χ0n) is 39.7. The summed E-state index contributed by atoms with van der Waals surface area (Å²) >= 11 is 0. The number of sulfonamides is 1. The van der Waals surface area contributed by atoms with E-state index in [0.29, 0.717) is 75.0 Å². The summed E-state index contributed by atoms with van der Waals surface area (Å²) in [6.07, 6.45) is -3.01. The quantitative estimate of drug-likeness (QED) is 0.183. The molecule has 3 aliphatic heterocycles. The van der Waals surface area contributed by atoms with E-state index in [1.807, 2.05) is 43.3 Å². The first kappa shape index (κ1) is 49.8. The van der Waals surface area contributed by atoms with Crippen molar-refractivity contribution in [1.82, 2.24) is 24.8 Å². The maximum atomic E-state index is 15.3. The van der Waals surface area contributed by atoms with E-state index in [-0.39, 0.29) is 42.5 Å². The number of nitrogens with one attached hydrogen (secondary N) is 2. The number of fused-ring (bicyclic) bond motifs is 3. The number of morpholine rings is 1. The number of nitrogens with zero attached hydrogens (tertiary/aromatic N) is 4. The average molecular weight is 983 g/mol. The van der Waals surface area contributed by atoms with Crippen molar-refractivity contribution in [2.75, 3.05) is 44.9 Å². The number of methoxy groups -OCH3 is 1. The minimum absolute atomic E-state index is 0.0370. The second kappa shape index (κ2) is 18.6. The largest absolute Gasteiger partial charge is 0.497 e. The number of carbonyl (C=O) groups is 4. The number of hydrogen-bond acceptors (Lipinski definition) is 11. The second-order valence-corrected chi connectivity index (χ2v) is 22.4. The van der Waals surface area contributed by atoms with Crippen LogP contribution in [0.15, 0.2) is 60.7 Å². The number of aromatic nitrogens is 1. The Morgan fingerprint density at radius 1 is 1.03 bits per heavy atom. The molecule has 0 unspecified atom stereocenters. The number of alkyl halides is 3. The highest BCUT2D eigenvalue weighted by atomic mass is 32.2. The van der Waals surface area contributed by atoms with Crippen molar-refractivity contribution in [3.8, 4) is 22.9 Å². The number of allylic oxidation sites excluding steroid dienone is 1. The zero-order valence-corrected chi connectivity index (χ0v) is 40.5. The Morgan fingerprint density at radius 3 is 2.36 bits per heavy atom. The summed E-state index contributed by atoms with van der Waals surface area (Å²) in [5, 5.41) is 14.6. The molecule has 8 rings (SSSR count). The topological polar surface area (TPSA) is 197 Å². The molecule has 4 amide bonds. The lowest BCUT2D eigenvalue weighted by molar-refractivity contribution is -0.222. The highest BCUT2D eigenvalue weighted by molar-refractivity contribution is 7.91. The molecule has 5 aliphatic rings. The number of halogens is 3. The van der Waals surface area contributed by atoms with Crippen LogP contribution in [0, 0.1) is 17.8 Å². The summed E-state index contributed by atoms with van der Waals surface area (Å²) in [6, 6.07) is 11.5. The molecule has 4 heterocycles. The van der Waals surface area contributed by atoms with Gasteiger partial charge >= 0.3 is 12.3 Å². The summed E-state index contributed by atoms with van der Waals surface area (Å²) < 4.78 is 90.3. The number of amides is 4. The van der Waals surface area contributed by atoms with Crippen LogP contribution in [0.5, 0.6) is 11.6 Å².